The molecule has 6 nitrogen and oxygen atoms in total. The Bertz CT molecular complexity index is 1150. The number of aliphatic hydroxyl groups excluding tert-OH is 1. The van der Waals surface area contributed by atoms with Gasteiger partial charge in [0.05, 0.1) is 19.2 Å². The number of rotatable bonds is 4. The minimum absolute atomic E-state index is 0.00598. The number of hydrogen-bond donors (Lipinski definition) is 2. The van der Waals surface area contributed by atoms with Crippen molar-refractivity contribution in [2.75, 3.05) is 19.7 Å². The molecule has 2 amide bonds. The van der Waals surface area contributed by atoms with Crippen LogP contribution >= 0.6 is 0 Å². The Labute approximate surface area is 181 Å². The number of aromatic amines is 1. The fourth-order valence-electron chi connectivity index (χ4n) is 5.04. The summed E-state index contributed by atoms with van der Waals surface area (Å²) in [5.41, 5.74) is 5.35. The first kappa shape index (κ1) is 19.8. The van der Waals surface area contributed by atoms with Crippen LogP contribution in [0.25, 0.3) is 10.9 Å². The van der Waals surface area contributed by atoms with Gasteiger partial charge in [-0.3, -0.25) is 9.59 Å². The molecular formula is C25H27N3O3. The van der Waals surface area contributed by atoms with Crippen molar-refractivity contribution in [1.29, 1.82) is 0 Å². The highest BCUT2D eigenvalue weighted by molar-refractivity contribution is 5.97. The molecule has 0 spiro atoms. The second kappa shape index (κ2) is 7.54. The van der Waals surface area contributed by atoms with Crippen LogP contribution in [0.15, 0.2) is 48.5 Å². The number of hydrogen-bond acceptors (Lipinski definition) is 3. The first-order chi connectivity index (χ1) is 15.0. The minimum Gasteiger partial charge on any atom is -0.395 e. The van der Waals surface area contributed by atoms with E-state index in [0.717, 1.165) is 27.7 Å². The highest BCUT2D eigenvalue weighted by Gasteiger charge is 2.48. The van der Waals surface area contributed by atoms with Crippen molar-refractivity contribution in [2.45, 2.75) is 38.3 Å². The summed E-state index contributed by atoms with van der Waals surface area (Å²) in [6, 6.07) is 15.6. The molecule has 2 aliphatic heterocycles. The summed E-state index contributed by atoms with van der Waals surface area (Å²) >= 11 is 0. The molecule has 3 aromatic rings. The van der Waals surface area contributed by atoms with Gasteiger partial charge < -0.3 is 19.9 Å². The number of carbonyl (C=O) groups excluding carboxylic acids is 2. The average Bonchev–Trinajstić information content (AvgIpc) is 3.14. The molecule has 31 heavy (non-hydrogen) atoms. The van der Waals surface area contributed by atoms with E-state index in [1.54, 1.807) is 4.90 Å². The summed E-state index contributed by atoms with van der Waals surface area (Å²) in [7, 11) is 0. The van der Waals surface area contributed by atoms with Gasteiger partial charge in [-0.2, -0.15) is 0 Å². The lowest BCUT2D eigenvalue weighted by Crippen LogP contribution is -2.63. The zero-order valence-corrected chi connectivity index (χ0v) is 17.8. The third kappa shape index (κ3) is 3.13. The van der Waals surface area contributed by atoms with Gasteiger partial charge in [-0.1, -0.05) is 56.3 Å². The lowest BCUT2D eigenvalue weighted by molar-refractivity contribution is -0.159. The molecule has 2 N–H and O–H groups in total. The highest BCUT2D eigenvalue weighted by Crippen LogP contribution is 2.42. The van der Waals surface area contributed by atoms with Gasteiger partial charge in [0, 0.05) is 29.6 Å². The van der Waals surface area contributed by atoms with Crippen molar-refractivity contribution in [3.8, 4) is 0 Å². The van der Waals surface area contributed by atoms with Gasteiger partial charge in [-0.05, 0) is 28.7 Å². The molecule has 0 saturated carbocycles. The monoisotopic (exact) mass is 417 g/mol. The van der Waals surface area contributed by atoms with E-state index in [1.165, 1.54) is 10.5 Å². The predicted molar refractivity (Wildman–Crippen MR) is 119 cm³/mol. The van der Waals surface area contributed by atoms with Crippen LogP contribution in [-0.4, -0.2) is 57.4 Å². The standard InChI is InChI=1S/C25H27N3O3/c1-15(2)16-7-9-17(10-8-16)24-23-19(18-5-3-4-6-20(18)26-23)13-21-25(31)27(11-12-29)14-22(30)28(21)24/h3-10,15,21,24,26,29H,11-14H2,1-2H3/t21-,24?/m1/s1. The van der Waals surface area contributed by atoms with E-state index in [2.05, 4.69) is 49.2 Å². The van der Waals surface area contributed by atoms with Crippen molar-refractivity contribution in [2.24, 2.45) is 0 Å². The molecule has 1 saturated heterocycles. The topological polar surface area (TPSA) is 76.6 Å². The summed E-state index contributed by atoms with van der Waals surface area (Å²) in [5, 5.41) is 10.5. The number of piperazine rings is 1. The van der Waals surface area contributed by atoms with E-state index in [4.69, 9.17) is 0 Å². The normalized spacial score (nSPS) is 21.0. The van der Waals surface area contributed by atoms with Gasteiger partial charge >= 0.3 is 0 Å². The van der Waals surface area contributed by atoms with Gasteiger partial charge in [0.1, 0.15) is 6.04 Å². The second-order valence-corrected chi connectivity index (χ2v) is 8.79. The molecular weight excluding hydrogens is 390 g/mol. The van der Waals surface area contributed by atoms with Crippen LogP contribution in [0.3, 0.4) is 0 Å². The minimum atomic E-state index is -0.561. The Morgan fingerprint density at radius 2 is 1.84 bits per heavy atom. The Hall–Kier alpha value is -3.12. The maximum atomic E-state index is 13.3. The molecule has 2 aromatic carbocycles. The maximum absolute atomic E-state index is 13.3. The quantitative estimate of drug-likeness (QED) is 0.685. The van der Waals surface area contributed by atoms with Gasteiger partial charge in [-0.25, -0.2) is 0 Å². The molecule has 5 rings (SSSR count). The van der Waals surface area contributed by atoms with Crippen LogP contribution < -0.4 is 0 Å². The molecule has 1 aromatic heterocycles. The summed E-state index contributed by atoms with van der Waals surface area (Å²) in [6.07, 6.45) is 0.479. The van der Waals surface area contributed by atoms with E-state index >= 15 is 0 Å². The van der Waals surface area contributed by atoms with Crippen molar-refractivity contribution in [1.82, 2.24) is 14.8 Å². The maximum Gasteiger partial charge on any atom is 0.246 e. The summed E-state index contributed by atoms with van der Waals surface area (Å²) < 4.78 is 0. The van der Waals surface area contributed by atoms with E-state index in [9.17, 15) is 14.7 Å². The van der Waals surface area contributed by atoms with Crippen LogP contribution in [0, 0.1) is 0 Å². The number of β-amino-alcohol motifs (C(OH)–C–C–N with tert-alkyl or cyclic N) is 1. The zero-order valence-electron chi connectivity index (χ0n) is 17.8. The van der Waals surface area contributed by atoms with E-state index in [1.807, 2.05) is 18.2 Å². The van der Waals surface area contributed by atoms with Crippen LogP contribution in [0.1, 0.15) is 48.2 Å². The second-order valence-electron chi connectivity index (χ2n) is 8.79. The third-order valence-corrected chi connectivity index (χ3v) is 6.63. The number of benzene rings is 2. The largest absolute Gasteiger partial charge is 0.395 e. The first-order valence-electron chi connectivity index (χ1n) is 10.9. The molecule has 2 atom stereocenters. The molecule has 1 unspecified atom stereocenters. The van der Waals surface area contributed by atoms with Crippen molar-refractivity contribution in [3.63, 3.8) is 0 Å². The fourth-order valence-corrected chi connectivity index (χ4v) is 5.04. The first-order valence-corrected chi connectivity index (χ1v) is 10.9. The van der Waals surface area contributed by atoms with Crippen LogP contribution in [-0.2, 0) is 16.0 Å². The van der Waals surface area contributed by atoms with Gasteiger partial charge in [0.25, 0.3) is 0 Å². The van der Waals surface area contributed by atoms with Crippen molar-refractivity contribution >= 4 is 22.7 Å². The summed E-state index contributed by atoms with van der Waals surface area (Å²) in [5.74, 6) is 0.246. The molecule has 0 radical (unpaired) electrons. The van der Waals surface area contributed by atoms with E-state index < -0.39 is 6.04 Å². The number of aromatic nitrogens is 1. The molecule has 2 aliphatic rings. The number of carbonyl (C=O) groups is 2. The lowest BCUT2D eigenvalue weighted by Gasteiger charge is -2.47. The number of nitrogens with one attached hydrogen (secondary N) is 1. The van der Waals surface area contributed by atoms with Crippen molar-refractivity contribution < 1.29 is 14.7 Å². The number of H-pyrrole nitrogens is 1. The van der Waals surface area contributed by atoms with Crippen LogP contribution in [0.2, 0.25) is 0 Å². The highest BCUT2D eigenvalue weighted by atomic mass is 16.3. The summed E-state index contributed by atoms with van der Waals surface area (Å²) in [6.45, 7) is 4.35. The van der Waals surface area contributed by atoms with E-state index in [0.29, 0.717) is 12.3 Å². The Balaban J connectivity index is 1.67. The fraction of sp³-hybridized carbons (Fsp3) is 0.360. The predicted octanol–water partition coefficient (Wildman–Crippen LogP) is 2.97. The number of amides is 2. The smallest absolute Gasteiger partial charge is 0.246 e. The molecule has 1 fully saturated rings. The Morgan fingerprint density at radius 3 is 2.55 bits per heavy atom. The number of nitrogens with zero attached hydrogens (tertiary/aromatic N) is 2. The van der Waals surface area contributed by atoms with Gasteiger partial charge in [0.2, 0.25) is 11.8 Å². The van der Waals surface area contributed by atoms with Crippen LogP contribution in [0.5, 0.6) is 0 Å². The molecule has 160 valence electrons. The van der Waals surface area contributed by atoms with Crippen molar-refractivity contribution in [3.05, 3.63) is 70.9 Å². The molecule has 0 aliphatic carbocycles. The SMILES string of the molecule is CC(C)c1ccc(C2c3[nH]c4ccccc4c3C[C@@H]3C(=O)N(CCO)CC(=O)N23)cc1. The van der Waals surface area contributed by atoms with Gasteiger partial charge in [0.15, 0.2) is 0 Å². The molecule has 0 bridgehead atoms. The zero-order chi connectivity index (χ0) is 21.7. The molecule has 6 heteroatoms. The number of para-hydroxylation sites is 1. The number of aliphatic hydroxyl groups is 1. The number of fused-ring (bicyclic) bond motifs is 4. The Kier molecular flexibility index (Phi) is 4.82. The summed E-state index contributed by atoms with van der Waals surface area (Å²) in [4.78, 5) is 33.4. The molecule has 3 heterocycles. The Morgan fingerprint density at radius 1 is 1.10 bits per heavy atom. The average molecular weight is 418 g/mol. The third-order valence-electron chi connectivity index (χ3n) is 6.63. The van der Waals surface area contributed by atoms with Crippen LogP contribution in [0.4, 0.5) is 0 Å². The lowest BCUT2D eigenvalue weighted by atomic mass is 9.85. The van der Waals surface area contributed by atoms with Gasteiger partial charge in [-0.15, -0.1) is 0 Å². The van der Waals surface area contributed by atoms with E-state index in [-0.39, 0.29) is 37.6 Å².